The van der Waals surface area contributed by atoms with Gasteiger partial charge in [-0.25, -0.2) is 0 Å². The summed E-state index contributed by atoms with van der Waals surface area (Å²) in [5.74, 6) is -1.37. The fraction of sp³-hybridized carbons (Fsp3) is 0.300. The number of thioether (sulfide) groups is 1. The molecule has 152 valence electrons. The van der Waals surface area contributed by atoms with Crippen molar-refractivity contribution in [1.82, 2.24) is 10.3 Å². The normalized spacial score (nSPS) is 16.3. The van der Waals surface area contributed by atoms with Crippen molar-refractivity contribution in [3.63, 3.8) is 0 Å². The summed E-state index contributed by atoms with van der Waals surface area (Å²) in [7, 11) is 1.53. The number of methoxy groups -OCH3 is 1. The van der Waals surface area contributed by atoms with Gasteiger partial charge in [-0.15, -0.1) is 11.8 Å². The van der Waals surface area contributed by atoms with E-state index in [1.165, 1.54) is 31.3 Å². The second kappa shape index (κ2) is 10.0. The number of amides is 2. The van der Waals surface area contributed by atoms with Crippen LogP contribution in [0.5, 0.6) is 0 Å². The molecule has 2 atom stereocenters. The number of fused-ring (bicyclic) bond motifs is 1. The van der Waals surface area contributed by atoms with Gasteiger partial charge in [0.2, 0.25) is 12.0 Å². The number of benzene rings is 1. The Kier molecular flexibility index (Phi) is 7.20. The van der Waals surface area contributed by atoms with Crippen LogP contribution < -0.4 is 10.6 Å². The highest BCUT2D eigenvalue weighted by molar-refractivity contribution is 8.01. The molecule has 0 saturated carbocycles. The topological polar surface area (TPSA) is 107 Å². The predicted octanol–water partition coefficient (Wildman–Crippen LogP) is 1.93. The third-order valence-corrected chi connectivity index (χ3v) is 5.44. The Balaban J connectivity index is 1.67. The molecule has 0 fully saturated rings. The van der Waals surface area contributed by atoms with E-state index in [2.05, 4.69) is 15.6 Å². The number of hydrogen-bond donors (Lipinski definition) is 2. The monoisotopic (exact) mass is 415 g/mol. The minimum absolute atomic E-state index is 0.155. The van der Waals surface area contributed by atoms with E-state index in [4.69, 9.17) is 9.47 Å². The molecule has 2 heterocycles. The molecule has 2 aromatic rings. The first-order valence-electron chi connectivity index (χ1n) is 9.01. The molecular weight excluding hydrogens is 394 g/mol. The van der Waals surface area contributed by atoms with Crippen molar-refractivity contribution in [1.29, 1.82) is 0 Å². The summed E-state index contributed by atoms with van der Waals surface area (Å²) < 4.78 is 10.4. The van der Waals surface area contributed by atoms with Gasteiger partial charge in [0.15, 0.2) is 0 Å². The lowest BCUT2D eigenvalue weighted by Crippen LogP contribution is -2.36. The van der Waals surface area contributed by atoms with Crippen molar-refractivity contribution in [2.24, 2.45) is 0 Å². The van der Waals surface area contributed by atoms with Crippen LogP contribution in [-0.4, -0.2) is 48.3 Å². The Bertz CT molecular complexity index is 877. The van der Waals surface area contributed by atoms with Gasteiger partial charge in [0, 0.05) is 36.5 Å². The van der Waals surface area contributed by atoms with E-state index < -0.39 is 23.2 Å². The number of pyridine rings is 1. The van der Waals surface area contributed by atoms with Crippen molar-refractivity contribution in [2.45, 2.75) is 22.7 Å². The lowest BCUT2D eigenvalue weighted by Gasteiger charge is -2.24. The fourth-order valence-electron chi connectivity index (χ4n) is 2.74. The number of carbonyl (C=O) groups is 3. The van der Waals surface area contributed by atoms with Crippen LogP contribution in [0.15, 0.2) is 53.7 Å². The number of rotatable bonds is 8. The first-order valence-corrected chi connectivity index (χ1v) is 9.89. The van der Waals surface area contributed by atoms with Gasteiger partial charge in [-0.05, 0) is 24.3 Å². The van der Waals surface area contributed by atoms with Crippen LogP contribution in [0.1, 0.15) is 18.1 Å². The smallest absolute Gasteiger partial charge is 0.308 e. The summed E-state index contributed by atoms with van der Waals surface area (Å²) in [6.07, 6.45) is 1.74. The summed E-state index contributed by atoms with van der Waals surface area (Å²) in [4.78, 5) is 42.2. The summed E-state index contributed by atoms with van der Waals surface area (Å²) in [5.41, 5.74) is 1.22. The molecule has 0 unspecified atom stereocenters. The Morgan fingerprint density at radius 3 is 2.76 bits per heavy atom. The maximum atomic E-state index is 12.6. The van der Waals surface area contributed by atoms with Crippen LogP contribution >= 0.6 is 11.8 Å². The first kappa shape index (κ1) is 20.8. The van der Waals surface area contributed by atoms with Crippen LogP contribution in [0, 0.1) is 0 Å². The average Bonchev–Trinajstić information content (AvgIpc) is 2.73. The third-order valence-electron chi connectivity index (χ3n) is 4.16. The molecule has 0 bridgehead atoms. The van der Waals surface area contributed by atoms with E-state index in [0.29, 0.717) is 12.2 Å². The third kappa shape index (κ3) is 5.55. The lowest BCUT2D eigenvalue weighted by molar-refractivity contribution is -0.156. The quantitative estimate of drug-likeness (QED) is 0.501. The number of esters is 1. The van der Waals surface area contributed by atoms with Crippen LogP contribution in [0.2, 0.25) is 0 Å². The highest BCUT2D eigenvalue weighted by atomic mass is 32.2. The largest absolute Gasteiger partial charge is 0.447 e. The van der Waals surface area contributed by atoms with Crippen LogP contribution in [0.3, 0.4) is 0 Å². The fourth-order valence-corrected chi connectivity index (χ4v) is 3.83. The highest BCUT2D eigenvalue weighted by Crippen LogP contribution is 2.37. The van der Waals surface area contributed by atoms with Gasteiger partial charge in [0.1, 0.15) is 0 Å². The van der Waals surface area contributed by atoms with Crippen molar-refractivity contribution in [2.75, 3.05) is 25.6 Å². The molecule has 8 nitrogen and oxygen atoms in total. The zero-order valence-electron chi connectivity index (χ0n) is 15.8. The van der Waals surface area contributed by atoms with Crippen molar-refractivity contribution >= 4 is 35.2 Å². The second-order valence-corrected chi connectivity index (χ2v) is 7.47. The zero-order valence-corrected chi connectivity index (χ0v) is 16.6. The predicted molar refractivity (Wildman–Crippen MR) is 107 cm³/mol. The molecule has 0 spiro atoms. The van der Waals surface area contributed by atoms with Gasteiger partial charge in [0.05, 0.1) is 24.0 Å². The molecule has 1 aliphatic heterocycles. The Morgan fingerprint density at radius 1 is 1.24 bits per heavy atom. The Hall–Kier alpha value is -2.91. The molecule has 1 aromatic carbocycles. The minimum Gasteiger partial charge on any atom is -0.447 e. The van der Waals surface area contributed by atoms with E-state index >= 15 is 0 Å². The number of carbonyl (C=O) groups excluding carboxylic acids is 3. The summed E-state index contributed by atoms with van der Waals surface area (Å²) in [5, 5.41) is 4.82. The highest BCUT2D eigenvalue weighted by Gasteiger charge is 2.32. The molecule has 1 aromatic heterocycles. The molecule has 9 heteroatoms. The second-order valence-electron chi connectivity index (χ2n) is 6.23. The number of aromatic nitrogens is 1. The van der Waals surface area contributed by atoms with E-state index in [-0.39, 0.29) is 18.9 Å². The Labute approximate surface area is 172 Å². The molecule has 3 rings (SSSR count). The summed E-state index contributed by atoms with van der Waals surface area (Å²) in [6.45, 7) is 0.618. The van der Waals surface area contributed by atoms with Gasteiger partial charge < -0.3 is 20.1 Å². The van der Waals surface area contributed by atoms with Crippen LogP contribution in [0.25, 0.3) is 0 Å². The molecule has 0 saturated heterocycles. The molecule has 0 aliphatic carbocycles. The van der Waals surface area contributed by atoms with Gasteiger partial charge in [-0.2, -0.15) is 0 Å². The van der Waals surface area contributed by atoms with Gasteiger partial charge in [-0.3, -0.25) is 19.4 Å². The van der Waals surface area contributed by atoms with Crippen molar-refractivity contribution in [3.05, 3.63) is 54.4 Å². The summed E-state index contributed by atoms with van der Waals surface area (Å²) >= 11 is 1.30. The number of nitrogens with one attached hydrogen (secondary N) is 2. The van der Waals surface area contributed by atoms with E-state index in [1.807, 2.05) is 18.2 Å². The number of nitrogens with zero attached hydrogens (tertiary/aromatic N) is 1. The number of anilines is 1. The molecule has 2 amide bonds. The lowest BCUT2D eigenvalue weighted by atomic mass is 10.1. The van der Waals surface area contributed by atoms with Gasteiger partial charge >= 0.3 is 5.97 Å². The maximum absolute atomic E-state index is 12.6. The van der Waals surface area contributed by atoms with Crippen LogP contribution in [-0.2, 0) is 23.9 Å². The van der Waals surface area contributed by atoms with E-state index in [9.17, 15) is 14.4 Å². The molecule has 29 heavy (non-hydrogen) atoms. The molecule has 0 radical (unpaired) electrons. The molecular formula is C20H21N3O5S. The van der Waals surface area contributed by atoms with Gasteiger partial charge in [0.25, 0.3) is 5.91 Å². The van der Waals surface area contributed by atoms with Crippen molar-refractivity contribution in [3.8, 4) is 0 Å². The van der Waals surface area contributed by atoms with E-state index in [1.54, 1.807) is 18.2 Å². The standard InChI is InChI=1S/C20H21N3O5S/c1-27-11-10-22-20(26)18(13-6-8-21-9-7-13)28-17(24)12-16-19(25)23-14-4-2-3-5-15(14)29-16/h2-9,16,18H,10-12H2,1H3,(H,22,26)(H,23,25)/t16-,18+/m0/s1. The van der Waals surface area contributed by atoms with Gasteiger partial charge in [-0.1, -0.05) is 12.1 Å². The number of hydrogen-bond acceptors (Lipinski definition) is 7. The number of ether oxygens (including phenoxy) is 2. The molecule has 1 aliphatic rings. The SMILES string of the molecule is COCCNC(=O)[C@H](OC(=O)C[C@@H]1Sc2ccccc2NC1=O)c1ccncc1. The van der Waals surface area contributed by atoms with E-state index in [0.717, 1.165) is 10.6 Å². The first-order chi connectivity index (χ1) is 14.1. The number of para-hydroxylation sites is 1. The van der Waals surface area contributed by atoms with Crippen molar-refractivity contribution < 1.29 is 23.9 Å². The minimum atomic E-state index is -1.13. The molecule has 2 N–H and O–H groups in total. The maximum Gasteiger partial charge on any atom is 0.308 e. The Morgan fingerprint density at radius 2 is 2.00 bits per heavy atom. The van der Waals surface area contributed by atoms with Crippen LogP contribution in [0.4, 0.5) is 5.69 Å². The zero-order chi connectivity index (χ0) is 20.6. The average molecular weight is 415 g/mol. The summed E-state index contributed by atoms with van der Waals surface area (Å²) in [6, 6.07) is 10.6.